The fourth-order valence-corrected chi connectivity index (χ4v) is 3.15. The van der Waals surface area contributed by atoms with Crippen LogP contribution in [-0.4, -0.2) is 33.1 Å². The van der Waals surface area contributed by atoms with E-state index in [1.807, 2.05) is 12.1 Å². The molecule has 1 atom stereocenters. The zero-order chi connectivity index (χ0) is 20.8. The molecule has 0 saturated heterocycles. The highest BCUT2D eigenvalue weighted by Crippen LogP contribution is 2.41. The average molecular weight is 405 g/mol. The predicted molar refractivity (Wildman–Crippen MR) is 112 cm³/mol. The standard InChI is InChI=1S/C22H23N5O3/c1-2-3-5-15-8-10-16(11-9-15)12-13-20(28)23-17-6-4-7-18-21(17)30-19(14-29-18)22-24-26-27-25-22/h4,6-13,19H,2-3,5,14H2,1H3,(H,23,28)(H,24,25,26,27)/b13-12+. The monoisotopic (exact) mass is 405 g/mol. The Balaban J connectivity index is 1.42. The number of benzene rings is 2. The van der Waals surface area contributed by atoms with Gasteiger partial charge in [0.2, 0.25) is 11.7 Å². The Morgan fingerprint density at radius 3 is 2.90 bits per heavy atom. The van der Waals surface area contributed by atoms with E-state index in [0.29, 0.717) is 23.0 Å². The number of ether oxygens (including phenoxy) is 2. The van der Waals surface area contributed by atoms with Crippen molar-refractivity contribution >= 4 is 17.7 Å². The number of fused-ring (bicyclic) bond motifs is 1. The molecular weight excluding hydrogens is 382 g/mol. The van der Waals surface area contributed by atoms with Gasteiger partial charge in [0.15, 0.2) is 17.6 Å². The number of aromatic nitrogens is 4. The highest BCUT2D eigenvalue weighted by atomic mass is 16.6. The lowest BCUT2D eigenvalue weighted by Gasteiger charge is -2.26. The van der Waals surface area contributed by atoms with Crippen LogP contribution in [0.5, 0.6) is 11.5 Å². The van der Waals surface area contributed by atoms with Gasteiger partial charge in [-0.15, -0.1) is 10.2 Å². The van der Waals surface area contributed by atoms with Crippen LogP contribution in [0.25, 0.3) is 6.08 Å². The molecule has 1 amide bonds. The maximum Gasteiger partial charge on any atom is 0.248 e. The first-order valence-electron chi connectivity index (χ1n) is 9.96. The number of nitrogens with one attached hydrogen (secondary N) is 2. The molecular formula is C22H23N5O3. The third kappa shape index (κ3) is 4.65. The van der Waals surface area contributed by atoms with Crippen LogP contribution in [0.3, 0.4) is 0 Å². The summed E-state index contributed by atoms with van der Waals surface area (Å²) in [5.41, 5.74) is 2.80. The topological polar surface area (TPSA) is 102 Å². The highest BCUT2D eigenvalue weighted by Gasteiger charge is 2.28. The summed E-state index contributed by atoms with van der Waals surface area (Å²) in [5.74, 6) is 1.13. The number of rotatable bonds is 7. The minimum absolute atomic E-state index is 0.260. The van der Waals surface area contributed by atoms with Gasteiger partial charge < -0.3 is 14.8 Å². The lowest BCUT2D eigenvalue weighted by Crippen LogP contribution is -2.24. The number of tetrazole rings is 1. The molecule has 2 N–H and O–H groups in total. The fraction of sp³-hybridized carbons (Fsp3) is 0.273. The molecule has 154 valence electrons. The molecule has 1 aliphatic rings. The summed E-state index contributed by atoms with van der Waals surface area (Å²) in [6, 6.07) is 13.6. The van der Waals surface area contributed by atoms with Gasteiger partial charge >= 0.3 is 0 Å². The molecule has 0 spiro atoms. The predicted octanol–water partition coefficient (Wildman–Crippen LogP) is 3.71. The SMILES string of the molecule is CCCCc1ccc(/C=C/C(=O)Nc2cccc3c2OC(c2nn[nH]n2)CO3)cc1. The number of carbonyl (C=O) groups excluding carboxylic acids is 1. The highest BCUT2D eigenvalue weighted by molar-refractivity contribution is 6.03. The quantitative estimate of drug-likeness (QED) is 0.581. The van der Waals surface area contributed by atoms with Crippen LogP contribution in [0.1, 0.15) is 42.8 Å². The van der Waals surface area contributed by atoms with Crippen molar-refractivity contribution in [2.24, 2.45) is 0 Å². The fourth-order valence-electron chi connectivity index (χ4n) is 3.15. The second-order valence-electron chi connectivity index (χ2n) is 6.99. The molecule has 3 aromatic rings. The molecule has 1 aromatic heterocycles. The Kier molecular flexibility index (Phi) is 6.03. The molecule has 8 heteroatoms. The summed E-state index contributed by atoms with van der Waals surface area (Å²) in [6.45, 7) is 2.44. The Labute approximate surface area is 174 Å². The van der Waals surface area contributed by atoms with Crippen molar-refractivity contribution in [1.29, 1.82) is 0 Å². The van der Waals surface area contributed by atoms with Crippen molar-refractivity contribution < 1.29 is 14.3 Å². The van der Waals surface area contributed by atoms with Crippen molar-refractivity contribution in [1.82, 2.24) is 20.6 Å². The van der Waals surface area contributed by atoms with E-state index in [-0.39, 0.29) is 12.5 Å². The van der Waals surface area contributed by atoms with E-state index in [0.717, 1.165) is 12.0 Å². The van der Waals surface area contributed by atoms with E-state index >= 15 is 0 Å². The summed E-state index contributed by atoms with van der Waals surface area (Å²) in [6.07, 6.45) is 6.21. The van der Waals surface area contributed by atoms with Crippen LogP contribution in [0.2, 0.25) is 0 Å². The number of unbranched alkanes of at least 4 members (excludes halogenated alkanes) is 1. The summed E-state index contributed by atoms with van der Waals surface area (Å²) in [7, 11) is 0. The first kappa shape index (κ1) is 19.6. The lowest BCUT2D eigenvalue weighted by atomic mass is 10.1. The van der Waals surface area contributed by atoms with Crippen molar-refractivity contribution in [2.75, 3.05) is 11.9 Å². The van der Waals surface area contributed by atoms with Gasteiger partial charge in [0.25, 0.3) is 0 Å². The van der Waals surface area contributed by atoms with Crippen LogP contribution in [-0.2, 0) is 11.2 Å². The van der Waals surface area contributed by atoms with Crippen LogP contribution >= 0.6 is 0 Å². The number of amides is 1. The molecule has 4 rings (SSSR count). The summed E-state index contributed by atoms with van der Waals surface area (Å²) in [4.78, 5) is 12.5. The molecule has 0 fully saturated rings. The molecule has 1 aliphatic heterocycles. The largest absolute Gasteiger partial charge is 0.485 e. The average Bonchev–Trinajstić information content (AvgIpc) is 3.32. The van der Waals surface area contributed by atoms with Crippen molar-refractivity contribution in [3.05, 3.63) is 65.5 Å². The second-order valence-corrected chi connectivity index (χ2v) is 6.99. The number of hydrogen-bond donors (Lipinski definition) is 2. The molecule has 0 radical (unpaired) electrons. The third-order valence-corrected chi connectivity index (χ3v) is 4.76. The molecule has 2 aromatic carbocycles. The first-order chi connectivity index (χ1) is 14.7. The molecule has 8 nitrogen and oxygen atoms in total. The van der Waals surface area contributed by atoms with Gasteiger partial charge in [-0.25, -0.2) is 0 Å². The number of para-hydroxylation sites is 1. The molecule has 0 aliphatic carbocycles. The van der Waals surface area contributed by atoms with E-state index < -0.39 is 6.10 Å². The Morgan fingerprint density at radius 2 is 2.13 bits per heavy atom. The van der Waals surface area contributed by atoms with Crippen molar-refractivity contribution in [2.45, 2.75) is 32.3 Å². The zero-order valence-corrected chi connectivity index (χ0v) is 16.7. The molecule has 2 heterocycles. The minimum Gasteiger partial charge on any atom is -0.485 e. The molecule has 1 unspecified atom stereocenters. The number of aromatic amines is 1. The second kappa shape index (κ2) is 9.21. The van der Waals surface area contributed by atoms with Gasteiger partial charge in [-0.1, -0.05) is 48.9 Å². The van der Waals surface area contributed by atoms with Gasteiger partial charge in [-0.2, -0.15) is 5.21 Å². The lowest BCUT2D eigenvalue weighted by molar-refractivity contribution is -0.111. The maximum atomic E-state index is 12.5. The van der Waals surface area contributed by atoms with E-state index in [4.69, 9.17) is 9.47 Å². The van der Waals surface area contributed by atoms with Crippen LogP contribution in [0.4, 0.5) is 5.69 Å². The van der Waals surface area contributed by atoms with Gasteiger partial charge in [-0.05, 0) is 42.2 Å². The van der Waals surface area contributed by atoms with E-state index in [1.54, 1.807) is 24.3 Å². The number of nitrogens with zero attached hydrogens (tertiary/aromatic N) is 3. The van der Waals surface area contributed by atoms with Gasteiger partial charge in [0.05, 0.1) is 5.69 Å². The zero-order valence-electron chi connectivity index (χ0n) is 16.7. The summed E-state index contributed by atoms with van der Waals surface area (Å²) in [5, 5.41) is 16.7. The minimum atomic E-state index is -0.504. The van der Waals surface area contributed by atoms with Gasteiger partial charge in [0.1, 0.15) is 6.61 Å². The Bertz CT molecular complexity index is 1020. The first-order valence-corrected chi connectivity index (χ1v) is 9.96. The molecule has 30 heavy (non-hydrogen) atoms. The summed E-state index contributed by atoms with van der Waals surface area (Å²) >= 11 is 0. The number of hydrogen-bond acceptors (Lipinski definition) is 6. The number of aryl methyl sites for hydroxylation is 1. The van der Waals surface area contributed by atoms with Gasteiger partial charge in [0, 0.05) is 6.08 Å². The third-order valence-electron chi connectivity index (χ3n) is 4.76. The number of carbonyl (C=O) groups is 1. The molecule has 0 bridgehead atoms. The number of anilines is 1. The van der Waals surface area contributed by atoms with Crippen LogP contribution in [0.15, 0.2) is 48.5 Å². The maximum absolute atomic E-state index is 12.5. The van der Waals surface area contributed by atoms with Crippen molar-refractivity contribution in [3.63, 3.8) is 0 Å². The Hall–Kier alpha value is -3.68. The normalized spacial score (nSPS) is 15.3. The van der Waals surface area contributed by atoms with E-state index in [1.165, 1.54) is 24.5 Å². The van der Waals surface area contributed by atoms with E-state index in [2.05, 4.69) is 45.0 Å². The van der Waals surface area contributed by atoms with Gasteiger partial charge in [-0.3, -0.25) is 4.79 Å². The molecule has 0 saturated carbocycles. The number of H-pyrrole nitrogens is 1. The smallest absolute Gasteiger partial charge is 0.248 e. The van der Waals surface area contributed by atoms with Crippen molar-refractivity contribution in [3.8, 4) is 11.5 Å². The van der Waals surface area contributed by atoms with E-state index in [9.17, 15) is 4.79 Å². The Morgan fingerprint density at radius 1 is 1.27 bits per heavy atom. The van der Waals surface area contributed by atoms with Crippen LogP contribution in [0, 0.1) is 0 Å². The van der Waals surface area contributed by atoms with Crippen LogP contribution < -0.4 is 14.8 Å². The summed E-state index contributed by atoms with van der Waals surface area (Å²) < 4.78 is 11.7.